The molecule has 0 radical (unpaired) electrons. The second-order valence-corrected chi connectivity index (χ2v) is 8.85. The number of nitro benzene ring substituents is 1. The number of anilines is 1. The van der Waals surface area contributed by atoms with Crippen LogP contribution < -0.4 is 10.5 Å². The Morgan fingerprint density at radius 3 is 2.26 bits per heavy atom. The minimum Gasteiger partial charge on any atom is -0.303 e. The molecule has 0 saturated carbocycles. The van der Waals surface area contributed by atoms with Crippen molar-refractivity contribution in [2.75, 3.05) is 4.90 Å². The second kappa shape index (κ2) is 9.25. The first-order chi connectivity index (χ1) is 18.5. The average Bonchev–Trinajstić information content (AvgIpc) is 3.20. The highest BCUT2D eigenvalue weighted by molar-refractivity contribution is 6.35. The van der Waals surface area contributed by atoms with E-state index < -0.39 is 4.92 Å². The van der Waals surface area contributed by atoms with Crippen molar-refractivity contribution in [1.29, 1.82) is 0 Å². The van der Waals surface area contributed by atoms with E-state index in [9.17, 15) is 19.7 Å². The Labute approximate surface area is 216 Å². The van der Waals surface area contributed by atoms with Gasteiger partial charge in [-0.05, 0) is 42.0 Å². The fraction of sp³-hybridized carbons (Fsp3) is 0.0333. The first-order valence-electron chi connectivity index (χ1n) is 11.9. The van der Waals surface area contributed by atoms with Gasteiger partial charge in [-0.2, -0.15) is 0 Å². The maximum atomic E-state index is 13.8. The zero-order valence-electron chi connectivity index (χ0n) is 20.0. The van der Waals surface area contributed by atoms with Crippen LogP contribution in [0.5, 0.6) is 0 Å². The SMILES string of the molecule is O=C1/C(=C\c2nc3ccccc3c(=O)n2-c2ccc([N+](=O)[O-])cc2)c2ccccc2N1Cc1ccccc1. The predicted molar refractivity (Wildman–Crippen MR) is 146 cm³/mol. The lowest BCUT2D eigenvalue weighted by Crippen LogP contribution is -2.26. The predicted octanol–water partition coefficient (Wildman–Crippen LogP) is 5.38. The van der Waals surface area contributed by atoms with E-state index in [1.807, 2.05) is 54.6 Å². The topological polar surface area (TPSA) is 98.3 Å². The number of carbonyl (C=O) groups excluding carboxylic acids is 1. The fourth-order valence-electron chi connectivity index (χ4n) is 4.72. The van der Waals surface area contributed by atoms with Crippen molar-refractivity contribution >= 4 is 39.8 Å². The highest BCUT2D eigenvalue weighted by Gasteiger charge is 2.32. The van der Waals surface area contributed by atoms with E-state index in [2.05, 4.69) is 0 Å². The molecule has 184 valence electrons. The number of hydrogen-bond donors (Lipinski definition) is 0. The van der Waals surface area contributed by atoms with Gasteiger partial charge >= 0.3 is 0 Å². The van der Waals surface area contributed by atoms with Crippen molar-refractivity contribution < 1.29 is 9.72 Å². The summed E-state index contributed by atoms with van der Waals surface area (Å²) in [6.45, 7) is 0.397. The summed E-state index contributed by atoms with van der Waals surface area (Å²) in [5, 5.41) is 11.6. The third-order valence-electron chi connectivity index (χ3n) is 6.54. The number of rotatable bonds is 5. The van der Waals surface area contributed by atoms with Crippen molar-refractivity contribution in [1.82, 2.24) is 9.55 Å². The van der Waals surface area contributed by atoms with Crippen LogP contribution in [0.2, 0.25) is 0 Å². The molecule has 0 unspecified atom stereocenters. The summed E-state index contributed by atoms with van der Waals surface area (Å²) in [4.78, 5) is 44.5. The van der Waals surface area contributed by atoms with Gasteiger partial charge in [0.2, 0.25) is 0 Å². The summed E-state index contributed by atoms with van der Waals surface area (Å²) >= 11 is 0. The van der Waals surface area contributed by atoms with Gasteiger partial charge in [-0.25, -0.2) is 4.98 Å². The molecule has 0 aliphatic carbocycles. The number of benzene rings is 4. The van der Waals surface area contributed by atoms with E-state index in [0.717, 1.165) is 16.8 Å². The van der Waals surface area contributed by atoms with Gasteiger partial charge in [0.1, 0.15) is 5.82 Å². The number of hydrogen-bond acceptors (Lipinski definition) is 5. The Balaban J connectivity index is 1.54. The van der Waals surface area contributed by atoms with Gasteiger partial charge in [0.25, 0.3) is 17.2 Å². The number of carbonyl (C=O) groups is 1. The number of nitrogens with zero attached hydrogens (tertiary/aromatic N) is 4. The quantitative estimate of drug-likeness (QED) is 0.183. The van der Waals surface area contributed by atoms with Gasteiger partial charge in [-0.1, -0.05) is 60.7 Å². The van der Waals surface area contributed by atoms with Crippen molar-refractivity contribution in [3.05, 3.63) is 141 Å². The molecule has 0 bridgehead atoms. The van der Waals surface area contributed by atoms with Crippen LogP contribution in [0.3, 0.4) is 0 Å². The molecule has 8 nitrogen and oxygen atoms in total. The van der Waals surface area contributed by atoms with Crippen molar-refractivity contribution in [2.45, 2.75) is 6.54 Å². The minimum absolute atomic E-state index is 0.0908. The number of para-hydroxylation sites is 2. The monoisotopic (exact) mass is 500 g/mol. The molecule has 1 aliphatic rings. The summed E-state index contributed by atoms with van der Waals surface area (Å²) in [5.74, 6) is 0.0509. The van der Waals surface area contributed by atoms with Crippen LogP contribution in [0.1, 0.15) is 17.0 Å². The Morgan fingerprint density at radius 1 is 0.816 bits per heavy atom. The maximum absolute atomic E-state index is 13.8. The van der Waals surface area contributed by atoms with Gasteiger partial charge in [0.15, 0.2) is 0 Å². The molecule has 0 atom stereocenters. The third kappa shape index (κ3) is 3.94. The molecular weight excluding hydrogens is 480 g/mol. The maximum Gasteiger partial charge on any atom is 0.269 e. The van der Waals surface area contributed by atoms with Gasteiger partial charge in [0, 0.05) is 17.7 Å². The molecular formula is C30H20N4O4. The van der Waals surface area contributed by atoms with E-state index in [1.54, 1.807) is 35.2 Å². The summed E-state index contributed by atoms with van der Waals surface area (Å²) < 4.78 is 1.38. The van der Waals surface area contributed by atoms with Gasteiger partial charge in [-0.3, -0.25) is 24.3 Å². The molecule has 4 aromatic carbocycles. The van der Waals surface area contributed by atoms with E-state index >= 15 is 0 Å². The smallest absolute Gasteiger partial charge is 0.269 e. The molecule has 1 amide bonds. The normalized spacial score (nSPS) is 13.7. The zero-order chi connectivity index (χ0) is 26.2. The third-order valence-corrected chi connectivity index (χ3v) is 6.54. The second-order valence-electron chi connectivity index (χ2n) is 8.85. The molecule has 1 aromatic heterocycles. The van der Waals surface area contributed by atoms with Crippen LogP contribution in [-0.4, -0.2) is 20.4 Å². The molecule has 0 spiro atoms. The van der Waals surface area contributed by atoms with Crippen LogP contribution in [0.4, 0.5) is 11.4 Å². The van der Waals surface area contributed by atoms with Crippen molar-refractivity contribution in [3.8, 4) is 5.69 Å². The average molecular weight is 501 g/mol. The molecule has 0 N–H and O–H groups in total. The summed E-state index contributed by atoms with van der Waals surface area (Å²) in [6.07, 6.45) is 1.63. The molecule has 6 rings (SSSR count). The van der Waals surface area contributed by atoms with Crippen LogP contribution >= 0.6 is 0 Å². The molecule has 0 fully saturated rings. The molecule has 0 saturated heterocycles. The molecule has 2 heterocycles. The lowest BCUT2D eigenvalue weighted by Gasteiger charge is -2.17. The van der Waals surface area contributed by atoms with E-state index in [0.29, 0.717) is 28.7 Å². The molecule has 8 heteroatoms. The summed E-state index contributed by atoms with van der Waals surface area (Å²) in [5.41, 5.74) is 3.39. The number of aromatic nitrogens is 2. The first kappa shape index (κ1) is 23.1. The number of amides is 1. The van der Waals surface area contributed by atoms with Crippen LogP contribution in [0.25, 0.3) is 28.2 Å². The summed E-state index contributed by atoms with van der Waals surface area (Å²) in [6, 6.07) is 29.9. The highest BCUT2D eigenvalue weighted by atomic mass is 16.6. The van der Waals surface area contributed by atoms with E-state index in [-0.39, 0.29) is 23.0 Å². The van der Waals surface area contributed by atoms with Crippen molar-refractivity contribution in [3.63, 3.8) is 0 Å². The lowest BCUT2D eigenvalue weighted by atomic mass is 10.1. The van der Waals surface area contributed by atoms with Gasteiger partial charge < -0.3 is 4.90 Å². The Morgan fingerprint density at radius 2 is 1.50 bits per heavy atom. The minimum atomic E-state index is -0.496. The Hall–Kier alpha value is -5.37. The zero-order valence-corrected chi connectivity index (χ0v) is 20.0. The summed E-state index contributed by atoms with van der Waals surface area (Å²) in [7, 11) is 0. The van der Waals surface area contributed by atoms with Gasteiger partial charge in [-0.15, -0.1) is 0 Å². The van der Waals surface area contributed by atoms with Crippen LogP contribution in [-0.2, 0) is 11.3 Å². The molecule has 5 aromatic rings. The number of fused-ring (bicyclic) bond motifs is 2. The largest absolute Gasteiger partial charge is 0.303 e. The standard InChI is InChI=1S/C30H20N4O4/c35-29-25(23-10-5-7-13-27(23)32(29)19-20-8-2-1-3-9-20)18-28-31-26-12-6-4-11-24(26)30(36)33(28)21-14-16-22(17-15-21)34(37)38/h1-18H,19H2/b25-18-. The molecule has 1 aliphatic heterocycles. The number of nitro groups is 1. The Bertz CT molecular complexity index is 1810. The van der Waals surface area contributed by atoms with Crippen molar-refractivity contribution in [2.24, 2.45) is 0 Å². The fourth-order valence-corrected chi connectivity index (χ4v) is 4.72. The van der Waals surface area contributed by atoms with Gasteiger partial charge in [0.05, 0.1) is 39.3 Å². The van der Waals surface area contributed by atoms with E-state index in [4.69, 9.17) is 4.98 Å². The van der Waals surface area contributed by atoms with Crippen LogP contribution in [0.15, 0.2) is 108 Å². The number of non-ortho nitro benzene ring substituents is 1. The Kier molecular flexibility index (Phi) is 5.61. The first-order valence-corrected chi connectivity index (χ1v) is 11.9. The molecule has 38 heavy (non-hydrogen) atoms. The van der Waals surface area contributed by atoms with Crippen LogP contribution in [0, 0.1) is 10.1 Å². The lowest BCUT2D eigenvalue weighted by molar-refractivity contribution is -0.384. The highest BCUT2D eigenvalue weighted by Crippen LogP contribution is 2.38. The van der Waals surface area contributed by atoms with E-state index in [1.165, 1.54) is 28.8 Å².